The predicted molar refractivity (Wildman–Crippen MR) is 122 cm³/mol. The lowest BCUT2D eigenvalue weighted by molar-refractivity contribution is -0.299. The molecule has 0 aliphatic carbocycles. The third-order valence-electron chi connectivity index (χ3n) is 6.04. The highest BCUT2D eigenvalue weighted by molar-refractivity contribution is 6.29. The van der Waals surface area contributed by atoms with Gasteiger partial charge in [-0.2, -0.15) is 26.3 Å². The Labute approximate surface area is 207 Å². The van der Waals surface area contributed by atoms with E-state index in [9.17, 15) is 35.5 Å². The number of aryl methyl sites for hydroxylation is 1. The van der Waals surface area contributed by atoms with Crippen molar-refractivity contribution >= 4 is 23.2 Å². The summed E-state index contributed by atoms with van der Waals surface area (Å²) in [4.78, 5) is 18.3. The molecule has 0 saturated heterocycles. The van der Waals surface area contributed by atoms with Crippen LogP contribution in [0, 0.1) is 18.7 Å². The molecule has 1 aromatic heterocycles. The van der Waals surface area contributed by atoms with Crippen LogP contribution in [0.3, 0.4) is 0 Å². The number of halogens is 8. The van der Waals surface area contributed by atoms with Crippen LogP contribution in [0.2, 0.25) is 5.15 Å². The van der Waals surface area contributed by atoms with Gasteiger partial charge in [0.1, 0.15) is 11.0 Å². The predicted octanol–water partition coefficient (Wildman–Crippen LogP) is 7.51. The molecule has 1 atom stereocenters. The lowest BCUT2D eigenvalue weighted by Gasteiger charge is -2.41. The Bertz CT molecular complexity index is 1250. The maximum Gasteiger partial charge on any atom is 0.401 e. The normalized spacial score (nSPS) is 14.0. The van der Waals surface area contributed by atoms with Gasteiger partial charge in [0, 0.05) is 12.6 Å². The van der Waals surface area contributed by atoms with Crippen LogP contribution in [0.5, 0.6) is 0 Å². The molecule has 3 aromatic rings. The molecule has 0 saturated carbocycles. The molecule has 3 rings (SSSR count). The third-order valence-corrected chi connectivity index (χ3v) is 6.25. The molecule has 1 amide bonds. The number of carbonyl (C=O) groups excluding carboxylic acids is 1. The lowest BCUT2D eigenvalue weighted by Crippen LogP contribution is -2.58. The molecule has 0 fully saturated rings. The van der Waals surface area contributed by atoms with Crippen LogP contribution in [0.25, 0.3) is 11.1 Å². The number of likely N-dealkylation sites (N-methyl/N-ethyl adjacent to an activating group) is 1. The molecule has 2 aromatic carbocycles. The topological polar surface area (TPSA) is 33.2 Å². The quantitative estimate of drug-likeness (QED) is 0.252. The van der Waals surface area contributed by atoms with Gasteiger partial charge >= 0.3 is 12.4 Å². The summed E-state index contributed by atoms with van der Waals surface area (Å²) in [7, 11) is 1.06. The highest BCUT2D eigenvalue weighted by Gasteiger charge is 2.68. The van der Waals surface area contributed by atoms with Crippen LogP contribution in [-0.2, 0) is 10.2 Å². The average Bonchev–Trinajstić information content (AvgIpc) is 2.76. The Morgan fingerprint density at radius 3 is 2.06 bits per heavy atom. The number of aromatic nitrogens is 1. The molecule has 3 nitrogen and oxygen atoms in total. The van der Waals surface area contributed by atoms with E-state index in [-0.39, 0.29) is 16.4 Å². The molecule has 1 heterocycles. The molecule has 192 valence electrons. The van der Waals surface area contributed by atoms with E-state index in [4.69, 9.17) is 11.6 Å². The monoisotopic (exact) mass is 532 g/mol. The Kier molecular flexibility index (Phi) is 7.41. The Hall–Kier alpha value is -3.14. The van der Waals surface area contributed by atoms with Crippen molar-refractivity contribution in [3.63, 3.8) is 0 Å². The van der Waals surface area contributed by atoms with Crippen LogP contribution in [0.1, 0.15) is 18.1 Å². The zero-order chi connectivity index (χ0) is 27.1. The number of pyridine rings is 1. The Morgan fingerprint density at radius 2 is 1.53 bits per heavy atom. The van der Waals surface area contributed by atoms with Crippen LogP contribution in [0.4, 0.5) is 36.4 Å². The maximum absolute atomic E-state index is 14.0. The average molecular weight is 533 g/mol. The molecule has 1 unspecified atom stereocenters. The minimum Gasteiger partial charge on any atom is -0.313 e. The summed E-state index contributed by atoms with van der Waals surface area (Å²) in [5, 5.41) is -0.0485. The molecule has 0 radical (unpaired) electrons. The zero-order valence-corrected chi connectivity index (χ0v) is 19.9. The van der Waals surface area contributed by atoms with Crippen LogP contribution in [0.15, 0.2) is 60.8 Å². The molecular formula is C25H20ClF7N2O. The van der Waals surface area contributed by atoms with E-state index in [0.717, 1.165) is 31.4 Å². The molecule has 0 spiro atoms. The van der Waals surface area contributed by atoms with E-state index in [1.165, 1.54) is 36.4 Å². The summed E-state index contributed by atoms with van der Waals surface area (Å²) in [5.74, 6) is -6.04. The largest absolute Gasteiger partial charge is 0.401 e. The first-order valence-corrected chi connectivity index (χ1v) is 10.9. The van der Waals surface area contributed by atoms with Crippen molar-refractivity contribution in [2.75, 3.05) is 11.9 Å². The highest BCUT2D eigenvalue weighted by Crippen LogP contribution is 2.52. The van der Waals surface area contributed by atoms with Gasteiger partial charge in [0.2, 0.25) is 5.91 Å². The second-order valence-electron chi connectivity index (χ2n) is 8.43. The number of anilines is 1. The smallest absolute Gasteiger partial charge is 0.313 e. The van der Waals surface area contributed by atoms with E-state index >= 15 is 0 Å². The van der Waals surface area contributed by atoms with Gasteiger partial charge in [0.25, 0.3) is 0 Å². The fraction of sp³-hybridized carbons (Fsp3) is 0.280. The Balaban J connectivity index is 2.26. The standard InChI is InChI=1S/C25H20ClF7N2O/c1-14-11-16(27)9-10-17(14)18-12-20(26)34-13-19(18)35(3)22(36)23(2,15-7-5-4-6-8-15)21(24(28,29)30)25(31,32)33/h4-13,21H,1-3H3. The van der Waals surface area contributed by atoms with Crippen molar-refractivity contribution in [3.05, 3.63) is 82.9 Å². The number of hydrogen-bond acceptors (Lipinski definition) is 2. The van der Waals surface area contributed by atoms with Crippen LogP contribution in [-0.4, -0.2) is 30.3 Å². The van der Waals surface area contributed by atoms with Crippen molar-refractivity contribution in [2.45, 2.75) is 31.6 Å². The van der Waals surface area contributed by atoms with Gasteiger partial charge < -0.3 is 4.90 Å². The molecule has 0 N–H and O–H groups in total. The third kappa shape index (κ3) is 5.18. The fourth-order valence-electron chi connectivity index (χ4n) is 4.33. The minimum absolute atomic E-state index is 0.0485. The first-order valence-electron chi connectivity index (χ1n) is 10.5. The number of hydrogen-bond donors (Lipinski definition) is 0. The second-order valence-corrected chi connectivity index (χ2v) is 8.82. The van der Waals surface area contributed by atoms with Crippen molar-refractivity contribution < 1.29 is 35.5 Å². The zero-order valence-electron chi connectivity index (χ0n) is 19.2. The van der Waals surface area contributed by atoms with E-state index in [1.807, 2.05) is 0 Å². The first kappa shape index (κ1) is 27.4. The van der Waals surface area contributed by atoms with Gasteiger partial charge in [-0.25, -0.2) is 9.37 Å². The minimum atomic E-state index is -5.80. The van der Waals surface area contributed by atoms with Crippen LogP contribution >= 0.6 is 11.6 Å². The number of amides is 1. The van der Waals surface area contributed by atoms with E-state index in [2.05, 4.69) is 4.98 Å². The van der Waals surface area contributed by atoms with Crippen LogP contribution < -0.4 is 4.90 Å². The van der Waals surface area contributed by atoms with E-state index < -0.39 is 41.0 Å². The molecule has 36 heavy (non-hydrogen) atoms. The van der Waals surface area contributed by atoms with Gasteiger partial charge in [-0.15, -0.1) is 0 Å². The highest BCUT2D eigenvalue weighted by atomic mass is 35.5. The number of alkyl halides is 6. The van der Waals surface area contributed by atoms with Gasteiger partial charge in [0.15, 0.2) is 5.92 Å². The molecular weight excluding hydrogens is 513 g/mol. The molecule has 0 aliphatic heterocycles. The van der Waals surface area contributed by atoms with E-state index in [0.29, 0.717) is 23.0 Å². The maximum atomic E-state index is 14.0. The van der Waals surface area contributed by atoms with Gasteiger partial charge in [-0.05, 0) is 48.7 Å². The number of rotatable bonds is 5. The summed E-state index contributed by atoms with van der Waals surface area (Å²) in [5.41, 5.74) is -2.74. The SMILES string of the molecule is Cc1cc(F)ccc1-c1cc(Cl)ncc1N(C)C(=O)C(C)(c1ccccc1)C(C(F)(F)F)C(F)(F)F. The lowest BCUT2D eigenvalue weighted by atomic mass is 9.69. The number of benzene rings is 2. The molecule has 0 aliphatic rings. The van der Waals surface area contributed by atoms with Crippen molar-refractivity contribution in [3.8, 4) is 11.1 Å². The molecule has 0 bridgehead atoms. The van der Waals surface area contributed by atoms with Gasteiger partial charge in [0.05, 0.1) is 17.3 Å². The van der Waals surface area contributed by atoms with Crippen molar-refractivity contribution in [1.82, 2.24) is 4.98 Å². The fourth-order valence-corrected chi connectivity index (χ4v) is 4.49. The Morgan fingerprint density at radius 1 is 0.944 bits per heavy atom. The van der Waals surface area contributed by atoms with Gasteiger partial charge in [-0.1, -0.05) is 48.0 Å². The summed E-state index contributed by atoms with van der Waals surface area (Å²) in [6.45, 7) is 2.18. The summed E-state index contributed by atoms with van der Waals surface area (Å²) in [6.07, 6.45) is -10.5. The number of carbonyl (C=O) groups is 1. The first-order chi connectivity index (χ1) is 16.6. The number of nitrogens with zero attached hydrogens (tertiary/aromatic N) is 2. The van der Waals surface area contributed by atoms with Crippen molar-refractivity contribution in [1.29, 1.82) is 0 Å². The summed E-state index contributed by atoms with van der Waals surface area (Å²) < 4.78 is 97.4. The van der Waals surface area contributed by atoms with Crippen molar-refractivity contribution in [2.24, 2.45) is 5.92 Å². The summed E-state index contributed by atoms with van der Waals surface area (Å²) in [6, 6.07) is 11.0. The second kappa shape index (κ2) is 9.72. The van der Waals surface area contributed by atoms with Gasteiger partial charge in [-0.3, -0.25) is 4.79 Å². The summed E-state index contributed by atoms with van der Waals surface area (Å²) >= 11 is 6.00. The van der Waals surface area contributed by atoms with E-state index in [1.54, 1.807) is 6.92 Å². The molecule has 11 heteroatoms.